The summed E-state index contributed by atoms with van der Waals surface area (Å²) in [5, 5.41) is 0. The molecule has 0 aliphatic heterocycles. The third-order valence-electron chi connectivity index (χ3n) is 1.91. The number of carbonyl (C=O) groups excluding carboxylic acids is 1. The quantitative estimate of drug-likeness (QED) is 0.618. The number of alkyl halides is 2. The molecule has 0 aromatic heterocycles. The van der Waals surface area contributed by atoms with Crippen molar-refractivity contribution < 1.29 is 18.3 Å². The molecule has 3 nitrogen and oxygen atoms in total. The maximum Gasteiger partial charge on any atom is 0.338 e. The molecular weight excluding hydrogens is 204 g/mol. The summed E-state index contributed by atoms with van der Waals surface area (Å²) in [5.74, 6) is -0.634. The van der Waals surface area contributed by atoms with Crippen LogP contribution in [0.3, 0.4) is 0 Å². The second kappa shape index (κ2) is 4.72. The van der Waals surface area contributed by atoms with Crippen LogP contribution in [0.25, 0.3) is 0 Å². The molecule has 0 spiro atoms. The van der Waals surface area contributed by atoms with Gasteiger partial charge in [0.25, 0.3) is 0 Å². The molecule has 0 saturated heterocycles. The molecule has 1 aromatic rings. The number of ether oxygens (including phenoxy) is 1. The fraction of sp³-hybridized carbons (Fsp3) is 0.300. The highest BCUT2D eigenvalue weighted by Gasteiger charge is 2.15. The SMILES string of the molecule is COC(=O)c1ccc(N)cc1CC(F)F. The Balaban J connectivity index is 3.08. The molecule has 0 unspecified atom stereocenters. The van der Waals surface area contributed by atoms with Gasteiger partial charge in [-0.1, -0.05) is 0 Å². The number of benzene rings is 1. The molecule has 0 amide bonds. The smallest absolute Gasteiger partial charge is 0.338 e. The van der Waals surface area contributed by atoms with E-state index in [0.717, 1.165) is 0 Å². The van der Waals surface area contributed by atoms with E-state index in [2.05, 4.69) is 4.74 Å². The van der Waals surface area contributed by atoms with Crippen molar-refractivity contribution in [3.05, 3.63) is 29.3 Å². The number of nitrogen functional groups attached to an aromatic ring is 1. The molecule has 1 aromatic carbocycles. The van der Waals surface area contributed by atoms with E-state index in [1.54, 1.807) is 0 Å². The number of carbonyl (C=O) groups is 1. The van der Waals surface area contributed by atoms with E-state index in [-0.39, 0.29) is 11.1 Å². The fourth-order valence-corrected chi connectivity index (χ4v) is 1.26. The maximum absolute atomic E-state index is 12.2. The first kappa shape index (κ1) is 11.4. The molecule has 0 atom stereocenters. The molecule has 0 heterocycles. The van der Waals surface area contributed by atoms with Crippen LogP contribution in [0, 0.1) is 0 Å². The number of esters is 1. The van der Waals surface area contributed by atoms with Gasteiger partial charge in [0.15, 0.2) is 0 Å². The Kier molecular flexibility index (Phi) is 3.60. The van der Waals surface area contributed by atoms with E-state index in [4.69, 9.17) is 5.73 Å². The Morgan fingerprint density at radius 3 is 2.73 bits per heavy atom. The molecule has 0 radical (unpaired) electrons. The molecule has 2 N–H and O–H groups in total. The highest BCUT2D eigenvalue weighted by atomic mass is 19.3. The van der Waals surface area contributed by atoms with Gasteiger partial charge < -0.3 is 10.5 Å². The minimum atomic E-state index is -2.52. The fourth-order valence-electron chi connectivity index (χ4n) is 1.26. The molecule has 1 rings (SSSR count). The van der Waals surface area contributed by atoms with Crippen LogP contribution in [-0.4, -0.2) is 19.5 Å². The maximum atomic E-state index is 12.2. The van der Waals surface area contributed by atoms with Gasteiger partial charge in [0.2, 0.25) is 6.43 Å². The number of nitrogens with two attached hydrogens (primary N) is 1. The highest BCUT2D eigenvalue weighted by Crippen LogP contribution is 2.17. The lowest BCUT2D eigenvalue weighted by Gasteiger charge is -2.08. The first-order chi connectivity index (χ1) is 7.04. The summed E-state index contributed by atoms with van der Waals surface area (Å²) < 4.78 is 28.9. The van der Waals surface area contributed by atoms with Crippen molar-refractivity contribution in [1.82, 2.24) is 0 Å². The predicted molar refractivity (Wildman–Crippen MR) is 51.9 cm³/mol. The number of hydrogen-bond acceptors (Lipinski definition) is 3. The van der Waals surface area contributed by atoms with Crippen LogP contribution < -0.4 is 5.73 Å². The Morgan fingerprint density at radius 1 is 1.53 bits per heavy atom. The van der Waals surface area contributed by atoms with E-state index in [0.29, 0.717) is 5.69 Å². The standard InChI is InChI=1S/C10H11F2NO2/c1-15-10(14)8-3-2-7(13)4-6(8)5-9(11)12/h2-4,9H,5,13H2,1H3. The summed E-state index contributed by atoms with van der Waals surface area (Å²) in [6.45, 7) is 0. The van der Waals surface area contributed by atoms with E-state index in [1.165, 1.54) is 25.3 Å². The summed E-state index contributed by atoms with van der Waals surface area (Å²) in [7, 11) is 1.20. The largest absolute Gasteiger partial charge is 0.465 e. The lowest BCUT2D eigenvalue weighted by Crippen LogP contribution is -2.09. The lowest BCUT2D eigenvalue weighted by molar-refractivity contribution is 0.0598. The third kappa shape index (κ3) is 2.90. The number of rotatable bonds is 3. The number of methoxy groups -OCH3 is 1. The predicted octanol–water partition coefficient (Wildman–Crippen LogP) is 1.86. The van der Waals surface area contributed by atoms with Gasteiger partial charge in [0, 0.05) is 12.1 Å². The van der Waals surface area contributed by atoms with Crippen LogP contribution in [0.2, 0.25) is 0 Å². The molecule has 82 valence electrons. The third-order valence-corrected chi connectivity index (χ3v) is 1.91. The number of anilines is 1. The number of halogens is 2. The van der Waals surface area contributed by atoms with Crippen LogP contribution in [0.5, 0.6) is 0 Å². The molecule has 0 bridgehead atoms. The van der Waals surface area contributed by atoms with E-state index in [1.807, 2.05) is 0 Å². The van der Waals surface area contributed by atoms with Gasteiger partial charge in [-0.25, -0.2) is 13.6 Å². The Hall–Kier alpha value is -1.65. The zero-order valence-corrected chi connectivity index (χ0v) is 8.17. The van der Waals surface area contributed by atoms with Crippen molar-refractivity contribution in [3.8, 4) is 0 Å². The lowest BCUT2D eigenvalue weighted by atomic mass is 10.0. The number of hydrogen-bond donors (Lipinski definition) is 1. The van der Waals surface area contributed by atoms with Gasteiger partial charge in [-0.3, -0.25) is 0 Å². The summed E-state index contributed by atoms with van der Waals surface area (Å²) in [5.41, 5.74) is 6.13. The minimum Gasteiger partial charge on any atom is -0.465 e. The van der Waals surface area contributed by atoms with Gasteiger partial charge in [-0.15, -0.1) is 0 Å². The molecule has 0 aliphatic carbocycles. The second-order valence-electron chi connectivity index (χ2n) is 3.00. The van der Waals surface area contributed by atoms with Crippen LogP contribution in [0.4, 0.5) is 14.5 Å². The zero-order chi connectivity index (χ0) is 11.4. The molecule has 0 saturated carbocycles. The normalized spacial score (nSPS) is 10.4. The van der Waals surface area contributed by atoms with Crippen molar-refractivity contribution in [3.63, 3.8) is 0 Å². The van der Waals surface area contributed by atoms with Gasteiger partial charge in [-0.05, 0) is 23.8 Å². The minimum absolute atomic E-state index is 0.131. The van der Waals surface area contributed by atoms with Crippen molar-refractivity contribution >= 4 is 11.7 Å². The Bertz CT molecular complexity index is 366. The summed E-state index contributed by atoms with van der Waals surface area (Å²) in [6, 6.07) is 4.22. The average Bonchev–Trinajstić information content (AvgIpc) is 2.16. The topological polar surface area (TPSA) is 52.3 Å². The van der Waals surface area contributed by atoms with Crippen molar-refractivity contribution in [2.45, 2.75) is 12.8 Å². The highest BCUT2D eigenvalue weighted by molar-refractivity contribution is 5.91. The molecule has 0 fully saturated rings. The van der Waals surface area contributed by atoms with Crippen molar-refractivity contribution in [2.75, 3.05) is 12.8 Å². The molecule has 15 heavy (non-hydrogen) atoms. The summed E-state index contributed by atoms with van der Waals surface area (Å²) >= 11 is 0. The Morgan fingerprint density at radius 2 is 2.20 bits per heavy atom. The van der Waals surface area contributed by atoms with E-state index >= 15 is 0 Å². The summed E-state index contributed by atoms with van der Waals surface area (Å²) in [6.07, 6.45) is -3.02. The second-order valence-corrected chi connectivity index (χ2v) is 3.00. The van der Waals surface area contributed by atoms with Crippen LogP contribution in [0.1, 0.15) is 15.9 Å². The molecule has 5 heteroatoms. The average molecular weight is 215 g/mol. The van der Waals surface area contributed by atoms with Gasteiger partial charge in [0.1, 0.15) is 0 Å². The van der Waals surface area contributed by atoms with Crippen LogP contribution in [-0.2, 0) is 11.2 Å². The molecule has 0 aliphatic rings. The monoisotopic (exact) mass is 215 g/mol. The zero-order valence-electron chi connectivity index (χ0n) is 8.17. The van der Waals surface area contributed by atoms with Crippen molar-refractivity contribution in [2.24, 2.45) is 0 Å². The Labute approximate surface area is 85.8 Å². The first-order valence-electron chi connectivity index (χ1n) is 4.29. The van der Waals surface area contributed by atoms with Gasteiger partial charge >= 0.3 is 5.97 Å². The van der Waals surface area contributed by atoms with Crippen LogP contribution in [0.15, 0.2) is 18.2 Å². The first-order valence-corrected chi connectivity index (χ1v) is 4.29. The van der Waals surface area contributed by atoms with Crippen molar-refractivity contribution in [1.29, 1.82) is 0 Å². The molecular formula is C10H11F2NO2. The van der Waals surface area contributed by atoms with E-state index < -0.39 is 18.8 Å². The van der Waals surface area contributed by atoms with E-state index in [9.17, 15) is 13.6 Å². The summed E-state index contributed by atoms with van der Waals surface area (Å²) in [4.78, 5) is 11.2. The van der Waals surface area contributed by atoms with Gasteiger partial charge in [0.05, 0.1) is 12.7 Å². The van der Waals surface area contributed by atoms with Crippen LogP contribution >= 0.6 is 0 Å². The van der Waals surface area contributed by atoms with Gasteiger partial charge in [-0.2, -0.15) is 0 Å².